The fraction of sp³-hybridized carbons (Fsp3) is 0.394. The zero-order valence-electron chi connectivity index (χ0n) is 24.5. The molecule has 1 aliphatic carbocycles. The summed E-state index contributed by atoms with van der Waals surface area (Å²) in [5, 5.41) is 10.9. The van der Waals surface area contributed by atoms with Crippen molar-refractivity contribution in [3.63, 3.8) is 0 Å². The molecular formula is C33H35Cl2FN2O5S. The third-order valence-electron chi connectivity index (χ3n) is 8.83. The van der Waals surface area contributed by atoms with Crippen molar-refractivity contribution in [1.82, 2.24) is 4.90 Å². The summed E-state index contributed by atoms with van der Waals surface area (Å²) in [6, 6.07) is 18.9. The van der Waals surface area contributed by atoms with Crippen LogP contribution < -0.4 is 4.31 Å². The smallest absolute Gasteiger partial charge is 0.304 e. The van der Waals surface area contributed by atoms with E-state index in [2.05, 4.69) is 0 Å². The molecule has 1 heterocycles. The molecular weight excluding hydrogens is 626 g/mol. The van der Waals surface area contributed by atoms with Gasteiger partial charge in [-0.05, 0) is 79.6 Å². The molecule has 1 saturated heterocycles. The molecule has 4 atom stereocenters. The van der Waals surface area contributed by atoms with Gasteiger partial charge in [0.15, 0.2) is 0 Å². The zero-order chi connectivity index (χ0) is 31.8. The Kier molecular flexibility index (Phi) is 9.31. The molecule has 1 unspecified atom stereocenters. The average Bonchev–Trinajstić information content (AvgIpc) is 3.81. The number of sulfonamides is 1. The van der Waals surface area contributed by atoms with Gasteiger partial charge in [0.2, 0.25) is 15.9 Å². The van der Waals surface area contributed by atoms with Gasteiger partial charge in [-0.1, -0.05) is 66.5 Å². The van der Waals surface area contributed by atoms with Crippen molar-refractivity contribution in [3.8, 4) is 0 Å². The number of para-hydroxylation sites is 1. The molecule has 11 heteroatoms. The minimum Gasteiger partial charge on any atom is -0.481 e. The number of halogens is 3. The number of piperidine rings is 1. The lowest BCUT2D eigenvalue weighted by Crippen LogP contribution is -2.59. The zero-order valence-corrected chi connectivity index (χ0v) is 26.8. The quantitative estimate of drug-likeness (QED) is 0.233. The molecule has 44 heavy (non-hydrogen) atoms. The summed E-state index contributed by atoms with van der Waals surface area (Å²) >= 11 is 12.7. The second-order valence-electron chi connectivity index (χ2n) is 12.0. The fourth-order valence-electron chi connectivity index (χ4n) is 6.53. The SMILES string of the molecule is CCS(=O)(=O)N(C[C@H](C1CC1)N1C(=O)[C@@](C)(CC(=O)O)CC(c2cccc(Cl)c2)[C@H]1c1ccc(Cl)cc1)c1ccccc1F. The van der Waals surface area contributed by atoms with Crippen LogP contribution in [0.4, 0.5) is 10.1 Å². The van der Waals surface area contributed by atoms with Crippen LogP contribution in [0.1, 0.15) is 62.6 Å². The van der Waals surface area contributed by atoms with E-state index in [-0.39, 0.29) is 42.1 Å². The van der Waals surface area contributed by atoms with E-state index in [4.69, 9.17) is 23.2 Å². The van der Waals surface area contributed by atoms with Crippen molar-refractivity contribution >= 4 is 50.8 Å². The van der Waals surface area contributed by atoms with Crippen LogP contribution >= 0.6 is 23.2 Å². The van der Waals surface area contributed by atoms with Crippen molar-refractivity contribution in [2.75, 3.05) is 16.6 Å². The number of carboxylic acid groups (broad SMARTS) is 1. The van der Waals surface area contributed by atoms with Gasteiger partial charge in [0.25, 0.3) is 0 Å². The average molecular weight is 662 g/mol. The molecule has 1 aliphatic heterocycles. The minimum absolute atomic E-state index is 0.0673. The van der Waals surface area contributed by atoms with Crippen LogP contribution in [-0.4, -0.2) is 48.6 Å². The Labute approximate surface area is 267 Å². The topological polar surface area (TPSA) is 95.0 Å². The number of hydrogen-bond acceptors (Lipinski definition) is 4. The number of nitrogens with zero attached hydrogens (tertiary/aromatic N) is 2. The lowest BCUT2D eigenvalue weighted by Gasteiger charge is -2.52. The van der Waals surface area contributed by atoms with Gasteiger partial charge >= 0.3 is 5.97 Å². The molecule has 1 N–H and O–H groups in total. The maximum absolute atomic E-state index is 15.2. The number of benzene rings is 3. The number of hydrogen-bond donors (Lipinski definition) is 1. The van der Waals surface area contributed by atoms with E-state index in [1.165, 1.54) is 25.1 Å². The Hall–Kier alpha value is -3.14. The molecule has 0 radical (unpaired) electrons. The van der Waals surface area contributed by atoms with Gasteiger partial charge in [-0.15, -0.1) is 0 Å². The molecule has 3 aromatic carbocycles. The first kappa shape index (κ1) is 32.3. The first-order valence-electron chi connectivity index (χ1n) is 14.6. The molecule has 234 valence electrons. The third-order valence-corrected chi connectivity index (χ3v) is 11.1. The van der Waals surface area contributed by atoms with E-state index in [1.54, 1.807) is 36.1 Å². The van der Waals surface area contributed by atoms with E-state index in [0.717, 1.165) is 28.3 Å². The number of carbonyl (C=O) groups is 2. The largest absolute Gasteiger partial charge is 0.481 e. The van der Waals surface area contributed by atoms with E-state index in [0.29, 0.717) is 10.0 Å². The fourth-order valence-corrected chi connectivity index (χ4v) is 8.00. The molecule has 5 rings (SSSR count). The summed E-state index contributed by atoms with van der Waals surface area (Å²) in [5.74, 6) is -2.90. The highest BCUT2D eigenvalue weighted by Crippen LogP contribution is 2.54. The van der Waals surface area contributed by atoms with Crippen molar-refractivity contribution in [1.29, 1.82) is 0 Å². The van der Waals surface area contributed by atoms with Gasteiger partial charge in [-0.3, -0.25) is 13.9 Å². The highest BCUT2D eigenvalue weighted by atomic mass is 35.5. The Balaban J connectivity index is 1.72. The summed E-state index contributed by atoms with van der Waals surface area (Å²) < 4.78 is 43.3. The highest BCUT2D eigenvalue weighted by Gasteiger charge is 2.55. The van der Waals surface area contributed by atoms with Crippen LogP contribution in [0.2, 0.25) is 10.0 Å². The Morgan fingerprint density at radius 2 is 1.73 bits per heavy atom. The maximum Gasteiger partial charge on any atom is 0.304 e. The number of rotatable bonds is 11. The van der Waals surface area contributed by atoms with Crippen LogP contribution in [-0.2, 0) is 19.6 Å². The minimum atomic E-state index is -3.97. The van der Waals surface area contributed by atoms with E-state index >= 15 is 4.39 Å². The molecule has 3 aromatic rings. The molecule has 7 nitrogen and oxygen atoms in total. The summed E-state index contributed by atoms with van der Waals surface area (Å²) in [7, 11) is -3.97. The summed E-state index contributed by atoms with van der Waals surface area (Å²) in [6.45, 7) is 2.98. The second-order valence-corrected chi connectivity index (χ2v) is 15.0. The normalized spacial score (nSPS) is 22.9. The van der Waals surface area contributed by atoms with E-state index < -0.39 is 45.7 Å². The van der Waals surface area contributed by atoms with Crippen LogP contribution in [0.15, 0.2) is 72.8 Å². The maximum atomic E-state index is 15.2. The number of aliphatic carboxylic acids is 1. The lowest BCUT2D eigenvalue weighted by molar-refractivity contribution is -0.160. The van der Waals surface area contributed by atoms with Crippen LogP contribution in [0, 0.1) is 17.2 Å². The Morgan fingerprint density at radius 1 is 1.05 bits per heavy atom. The van der Waals surface area contributed by atoms with Crippen LogP contribution in [0.5, 0.6) is 0 Å². The van der Waals surface area contributed by atoms with Gasteiger partial charge in [0, 0.05) is 16.0 Å². The highest BCUT2D eigenvalue weighted by molar-refractivity contribution is 7.92. The third kappa shape index (κ3) is 6.60. The Bertz CT molecular complexity index is 1650. The summed E-state index contributed by atoms with van der Waals surface area (Å²) in [4.78, 5) is 28.6. The number of anilines is 1. The van der Waals surface area contributed by atoms with Gasteiger partial charge in [0.1, 0.15) is 5.82 Å². The number of carboxylic acids is 1. The number of carbonyl (C=O) groups excluding carboxylic acids is 1. The van der Waals surface area contributed by atoms with Gasteiger partial charge in [-0.25, -0.2) is 12.8 Å². The van der Waals surface area contributed by atoms with Crippen LogP contribution in [0.25, 0.3) is 0 Å². The van der Waals surface area contributed by atoms with E-state index in [9.17, 15) is 23.1 Å². The molecule has 2 fully saturated rings. The predicted molar refractivity (Wildman–Crippen MR) is 170 cm³/mol. The predicted octanol–water partition coefficient (Wildman–Crippen LogP) is 7.31. The molecule has 1 amide bonds. The second kappa shape index (κ2) is 12.7. The first-order chi connectivity index (χ1) is 20.8. The molecule has 2 aliphatic rings. The van der Waals surface area contributed by atoms with Crippen LogP contribution in [0.3, 0.4) is 0 Å². The monoisotopic (exact) mass is 660 g/mol. The molecule has 0 aromatic heterocycles. The van der Waals surface area contributed by atoms with Crippen molar-refractivity contribution in [3.05, 3.63) is 99.8 Å². The molecule has 0 spiro atoms. The Morgan fingerprint density at radius 3 is 2.32 bits per heavy atom. The van der Waals surface area contributed by atoms with Gasteiger partial charge in [0.05, 0.1) is 41.9 Å². The molecule has 0 bridgehead atoms. The number of amides is 1. The van der Waals surface area contributed by atoms with Crippen molar-refractivity contribution in [2.24, 2.45) is 11.3 Å². The standard InChI is InChI=1S/C33H35Cl2FN2O5S/c1-3-44(42,43)37(28-10-5-4-9-27(28)36)20-29(21-11-12-21)38-31(22-13-15-24(34)16-14-22)26(23-7-6-8-25(35)17-23)18-33(2,32(38)41)19-30(39)40/h4-10,13-17,21,26,29,31H,3,11-12,18-20H2,1-2H3,(H,39,40)/t26?,29-,31-,33-/m1/s1. The lowest BCUT2D eigenvalue weighted by atomic mass is 9.67. The summed E-state index contributed by atoms with van der Waals surface area (Å²) in [6.07, 6.45) is 1.31. The molecule has 1 saturated carbocycles. The first-order valence-corrected chi connectivity index (χ1v) is 17.0. The summed E-state index contributed by atoms with van der Waals surface area (Å²) in [5.41, 5.74) is 0.202. The van der Waals surface area contributed by atoms with Crippen molar-refractivity contribution < 1.29 is 27.5 Å². The van der Waals surface area contributed by atoms with Gasteiger partial charge in [-0.2, -0.15) is 0 Å². The number of likely N-dealkylation sites (tertiary alicyclic amines) is 1. The van der Waals surface area contributed by atoms with Crippen molar-refractivity contribution in [2.45, 2.75) is 57.5 Å². The van der Waals surface area contributed by atoms with Gasteiger partial charge < -0.3 is 10.0 Å². The van der Waals surface area contributed by atoms with E-state index in [1.807, 2.05) is 30.3 Å².